The summed E-state index contributed by atoms with van der Waals surface area (Å²) in [6.45, 7) is 0. The highest BCUT2D eigenvalue weighted by atomic mass is 16.4. The Hall–Kier alpha value is -4.13. The lowest BCUT2D eigenvalue weighted by Crippen LogP contribution is -2.11. The second kappa shape index (κ2) is 7.47. The number of H-pyrrole nitrogens is 2. The number of aromatic amines is 2. The molecule has 5 N–H and O–H groups in total. The van der Waals surface area contributed by atoms with Gasteiger partial charge in [0.2, 0.25) is 5.95 Å². The van der Waals surface area contributed by atoms with E-state index in [1.165, 1.54) is 0 Å². The summed E-state index contributed by atoms with van der Waals surface area (Å²) in [6, 6.07) is 14.7. The molecule has 0 aliphatic heterocycles. The van der Waals surface area contributed by atoms with Gasteiger partial charge in [0.05, 0.1) is 10.9 Å². The van der Waals surface area contributed by atoms with E-state index in [-0.39, 0.29) is 17.1 Å². The summed E-state index contributed by atoms with van der Waals surface area (Å²) in [4.78, 5) is 33.1. The van der Waals surface area contributed by atoms with E-state index in [2.05, 4.69) is 15.0 Å². The number of nitrogens with two attached hydrogens (primary N) is 1. The molecule has 0 saturated heterocycles. The van der Waals surface area contributed by atoms with E-state index in [0.717, 1.165) is 16.7 Å². The largest absolute Gasteiger partial charge is 0.478 e. The molecule has 0 atom stereocenters. The Labute approximate surface area is 165 Å². The molecule has 0 unspecified atom stereocenters. The topological polar surface area (TPSA) is 125 Å². The maximum Gasteiger partial charge on any atom is 0.336 e. The van der Waals surface area contributed by atoms with Crippen molar-refractivity contribution in [3.63, 3.8) is 0 Å². The van der Waals surface area contributed by atoms with Crippen LogP contribution in [0.15, 0.2) is 59.5 Å². The Morgan fingerprint density at radius 1 is 1.10 bits per heavy atom. The molecule has 4 rings (SSSR count). The summed E-state index contributed by atoms with van der Waals surface area (Å²) in [7, 11) is 0. The van der Waals surface area contributed by atoms with Gasteiger partial charge in [0.25, 0.3) is 5.56 Å². The molecule has 4 aromatic rings. The van der Waals surface area contributed by atoms with Gasteiger partial charge in [-0.2, -0.15) is 4.98 Å². The van der Waals surface area contributed by atoms with Gasteiger partial charge in [-0.25, -0.2) is 4.79 Å². The van der Waals surface area contributed by atoms with Crippen LogP contribution in [-0.4, -0.2) is 26.0 Å². The van der Waals surface area contributed by atoms with Crippen LogP contribution in [0.5, 0.6) is 0 Å². The number of carboxylic acid groups (broad SMARTS) is 1. The van der Waals surface area contributed by atoms with Gasteiger partial charge >= 0.3 is 5.97 Å². The summed E-state index contributed by atoms with van der Waals surface area (Å²) in [6.07, 6.45) is 5.99. The zero-order valence-corrected chi connectivity index (χ0v) is 15.3. The molecule has 0 fully saturated rings. The predicted molar refractivity (Wildman–Crippen MR) is 113 cm³/mol. The van der Waals surface area contributed by atoms with Gasteiger partial charge in [-0.05, 0) is 34.7 Å². The maximum absolute atomic E-state index is 12.2. The zero-order valence-electron chi connectivity index (χ0n) is 15.3. The van der Waals surface area contributed by atoms with E-state index in [1.807, 2.05) is 30.3 Å². The van der Waals surface area contributed by atoms with Crippen molar-refractivity contribution in [3.8, 4) is 0 Å². The van der Waals surface area contributed by atoms with Gasteiger partial charge in [-0.1, -0.05) is 54.6 Å². The highest BCUT2D eigenvalue weighted by Crippen LogP contribution is 2.19. The monoisotopic (exact) mass is 386 g/mol. The minimum absolute atomic E-state index is 0.0801. The zero-order chi connectivity index (χ0) is 20.4. The SMILES string of the molecule is Nc1nc2[nH]cc(Cc3ccc(/C=C/c4ccccc4C(=O)O)cc3)c2c(=O)[nH]1. The van der Waals surface area contributed by atoms with Gasteiger partial charge in [0.15, 0.2) is 0 Å². The van der Waals surface area contributed by atoms with E-state index in [0.29, 0.717) is 23.0 Å². The first-order chi connectivity index (χ1) is 14.0. The van der Waals surface area contributed by atoms with Gasteiger partial charge in [-0.3, -0.25) is 9.78 Å². The van der Waals surface area contributed by atoms with Gasteiger partial charge in [0, 0.05) is 6.20 Å². The number of nitrogens with zero attached hydrogens (tertiary/aromatic N) is 1. The van der Waals surface area contributed by atoms with Crippen molar-refractivity contribution in [1.82, 2.24) is 15.0 Å². The Kier molecular flexibility index (Phi) is 4.70. The smallest absolute Gasteiger partial charge is 0.336 e. The molecule has 2 aromatic carbocycles. The average Bonchev–Trinajstić information content (AvgIpc) is 3.10. The number of carboxylic acids is 1. The van der Waals surface area contributed by atoms with E-state index in [9.17, 15) is 14.7 Å². The van der Waals surface area contributed by atoms with E-state index >= 15 is 0 Å². The van der Waals surface area contributed by atoms with E-state index in [4.69, 9.17) is 5.73 Å². The number of benzene rings is 2. The van der Waals surface area contributed by atoms with Crippen molar-refractivity contribution in [3.05, 3.63) is 92.9 Å². The molecule has 2 aromatic heterocycles. The van der Waals surface area contributed by atoms with Crippen LogP contribution >= 0.6 is 0 Å². The molecule has 144 valence electrons. The number of hydrogen-bond donors (Lipinski definition) is 4. The minimum Gasteiger partial charge on any atom is -0.478 e. The number of anilines is 1. The number of nitrogens with one attached hydrogen (secondary N) is 2. The normalized spacial score (nSPS) is 11.3. The van der Waals surface area contributed by atoms with Crippen LogP contribution < -0.4 is 11.3 Å². The van der Waals surface area contributed by atoms with Crippen molar-refractivity contribution >= 4 is 35.1 Å². The first-order valence-electron chi connectivity index (χ1n) is 8.96. The van der Waals surface area contributed by atoms with Crippen LogP contribution in [0.1, 0.15) is 32.6 Å². The highest BCUT2D eigenvalue weighted by molar-refractivity contribution is 5.93. The molecule has 0 spiro atoms. The lowest BCUT2D eigenvalue weighted by Gasteiger charge is -2.03. The van der Waals surface area contributed by atoms with Crippen molar-refractivity contribution in [2.45, 2.75) is 6.42 Å². The molecule has 29 heavy (non-hydrogen) atoms. The third-order valence-corrected chi connectivity index (χ3v) is 4.66. The van der Waals surface area contributed by atoms with Crippen LogP contribution in [-0.2, 0) is 6.42 Å². The molecular weight excluding hydrogens is 368 g/mol. The first kappa shape index (κ1) is 18.2. The Morgan fingerprint density at radius 3 is 2.62 bits per heavy atom. The minimum atomic E-state index is -0.953. The standard InChI is InChI=1S/C22H18N4O3/c23-22-25-19-18(20(27)26-22)16(12-24-19)11-14-7-5-13(6-8-14)9-10-15-3-1-2-4-17(15)21(28)29/h1-10,12H,11H2,(H,28,29)(H4,23,24,25,26,27)/b10-9+. The summed E-state index contributed by atoms with van der Waals surface area (Å²) in [5.74, 6) is -0.873. The Morgan fingerprint density at radius 2 is 1.86 bits per heavy atom. The second-order valence-corrected chi connectivity index (χ2v) is 6.63. The quantitative estimate of drug-likeness (QED) is 0.392. The summed E-state index contributed by atoms with van der Waals surface area (Å²) >= 11 is 0. The number of carbonyl (C=O) groups is 1. The predicted octanol–water partition coefficient (Wildman–Crippen LogP) is 3.29. The Bertz CT molecular complexity index is 1280. The van der Waals surface area contributed by atoms with Crippen molar-refractivity contribution < 1.29 is 9.90 Å². The molecule has 0 bridgehead atoms. The number of aromatic nitrogens is 3. The van der Waals surface area contributed by atoms with Crippen LogP contribution in [0.4, 0.5) is 5.95 Å². The van der Waals surface area contributed by atoms with E-state index < -0.39 is 5.97 Å². The number of aromatic carboxylic acids is 1. The highest BCUT2D eigenvalue weighted by Gasteiger charge is 2.10. The molecule has 2 heterocycles. The van der Waals surface area contributed by atoms with Crippen LogP contribution in [0.3, 0.4) is 0 Å². The maximum atomic E-state index is 12.2. The molecule has 7 nitrogen and oxygen atoms in total. The summed E-state index contributed by atoms with van der Waals surface area (Å²) < 4.78 is 0. The molecule has 0 radical (unpaired) electrons. The average molecular weight is 386 g/mol. The van der Waals surface area contributed by atoms with Crippen LogP contribution in [0.2, 0.25) is 0 Å². The molecule has 0 amide bonds. The lowest BCUT2D eigenvalue weighted by molar-refractivity contribution is 0.0696. The first-order valence-corrected chi connectivity index (χ1v) is 8.96. The van der Waals surface area contributed by atoms with Crippen LogP contribution in [0, 0.1) is 0 Å². The fourth-order valence-electron chi connectivity index (χ4n) is 3.25. The Balaban J connectivity index is 1.55. The van der Waals surface area contributed by atoms with Crippen molar-refractivity contribution in [1.29, 1.82) is 0 Å². The summed E-state index contributed by atoms with van der Waals surface area (Å²) in [5, 5.41) is 9.77. The number of fused-ring (bicyclic) bond motifs is 1. The molecule has 0 aliphatic carbocycles. The van der Waals surface area contributed by atoms with E-state index in [1.54, 1.807) is 36.5 Å². The third-order valence-electron chi connectivity index (χ3n) is 4.66. The van der Waals surface area contributed by atoms with Crippen molar-refractivity contribution in [2.75, 3.05) is 5.73 Å². The molecule has 0 saturated carbocycles. The molecule has 0 aliphatic rings. The number of rotatable bonds is 5. The van der Waals surface area contributed by atoms with Gasteiger partial charge in [-0.15, -0.1) is 0 Å². The lowest BCUT2D eigenvalue weighted by atomic mass is 10.0. The van der Waals surface area contributed by atoms with Gasteiger partial charge in [0.1, 0.15) is 5.65 Å². The fraction of sp³-hybridized carbons (Fsp3) is 0.0455. The number of hydrogen-bond acceptors (Lipinski definition) is 4. The fourth-order valence-corrected chi connectivity index (χ4v) is 3.25. The third kappa shape index (κ3) is 3.79. The molecular formula is C22H18N4O3. The van der Waals surface area contributed by atoms with Crippen LogP contribution in [0.25, 0.3) is 23.2 Å². The van der Waals surface area contributed by atoms with Crippen molar-refractivity contribution in [2.24, 2.45) is 0 Å². The number of nitrogen functional groups attached to an aromatic ring is 1. The second-order valence-electron chi connectivity index (χ2n) is 6.63. The molecule has 7 heteroatoms. The summed E-state index contributed by atoms with van der Waals surface area (Å²) in [5.41, 5.74) is 9.51. The van der Waals surface area contributed by atoms with Gasteiger partial charge < -0.3 is 15.8 Å².